The zero-order chi connectivity index (χ0) is 18.9. The first-order chi connectivity index (χ1) is 12.3. The standard InChI is InChI=1S/C16H19N5O4S/c17-12-4-1-5-14-11(12)3-2-6-21(14)15(22)9-20-26(24,25)10-7-13(16(18)23)19-8-10/h1,4-5,7-8,19-20H,2-3,6,9,17H2,(H2,18,23). The lowest BCUT2D eigenvalue weighted by Crippen LogP contribution is -2.42. The molecule has 0 radical (unpaired) electrons. The zero-order valence-corrected chi connectivity index (χ0v) is 14.7. The van der Waals surface area contributed by atoms with Gasteiger partial charge >= 0.3 is 0 Å². The van der Waals surface area contributed by atoms with Crippen LogP contribution in [0.5, 0.6) is 0 Å². The monoisotopic (exact) mass is 377 g/mol. The lowest BCUT2D eigenvalue weighted by Gasteiger charge is -2.30. The van der Waals surface area contributed by atoms with Crippen LogP contribution < -0.4 is 21.1 Å². The Kier molecular flexibility index (Phi) is 4.70. The van der Waals surface area contributed by atoms with Crippen molar-refractivity contribution >= 4 is 33.2 Å². The van der Waals surface area contributed by atoms with E-state index in [0.717, 1.165) is 30.7 Å². The minimum absolute atomic E-state index is 0.0304. The molecular formula is C16H19N5O4S. The third-order valence-electron chi connectivity index (χ3n) is 4.23. The maximum atomic E-state index is 12.5. The van der Waals surface area contributed by atoms with Gasteiger partial charge in [0.25, 0.3) is 5.91 Å². The van der Waals surface area contributed by atoms with Crippen LogP contribution in [0.25, 0.3) is 0 Å². The molecule has 0 unspecified atom stereocenters. The Morgan fingerprint density at radius 1 is 1.31 bits per heavy atom. The number of aromatic amines is 1. The quantitative estimate of drug-likeness (QED) is 0.539. The highest BCUT2D eigenvalue weighted by molar-refractivity contribution is 7.89. The Morgan fingerprint density at radius 3 is 2.77 bits per heavy atom. The Morgan fingerprint density at radius 2 is 2.08 bits per heavy atom. The normalized spacial score (nSPS) is 14.1. The van der Waals surface area contributed by atoms with Crippen molar-refractivity contribution in [1.29, 1.82) is 0 Å². The summed E-state index contributed by atoms with van der Waals surface area (Å²) in [5.74, 6) is -1.16. The second-order valence-corrected chi connectivity index (χ2v) is 7.70. The third kappa shape index (κ3) is 3.41. The van der Waals surface area contributed by atoms with Crippen LogP contribution in [0.4, 0.5) is 11.4 Å². The maximum absolute atomic E-state index is 12.5. The van der Waals surface area contributed by atoms with Crippen molar-refractivity contribution in [3.8, 4) is 0 Å². The number of aromatic nitrogens is 1. The van der Waals surface area contributed by atoms with Gasteiger partial charge in [0.1, 0.15) is 10.6 Å². The molecule has 2 heterocycles. The smallest absolute Gasteiger partial charge is 0.265 e. The molecule has 0 aliphatic carbocycles. The Bertz CT molecular complexity index is 967. The first-order valence-corrected chi connectivity index (χ1v) is 9.43. The van der Waals surface area contributed by atoms with Crippen LogP contribution in [0.2, 0.25) is 0 Å². The van der Waals surface area contributed by atoms with Gasteiger partial charge in [0.2, 0.25) is 15.9 Å². The van der Waals surface area contributed by atoms with Crippen molar-refractivity contribution in [2.24, 2.45) is 5.73 Å². The Hall–Kier alpha value is -2.85. The number of amides is 2. The number of nitrogens with zero attached hydrogens (tertiary/aromatic N) is 1. The largest absolute Gasteiger partial charge is 0.398 e. The van der Waals surface area contributed by atoms with Crippen molar-refractivity contribution in [3.05, 3.63) is 41.7 Å². The number of hydrogen-bond acceptors (Lipinski definition) is 5. The van der Waals surface area contributed by atoms with Gasteiger partial charge in [0.05, 0.1) is 6.54 Å². The van der Waals surface area contributed by atoms with Gasteiger partial charge in [-0.15, -0.1) is 0 Å². The van der Waals surface area contributed by atoms with E-state index in [2.05, 4.69) is 9.71 Å². The van der Waals surface area contributed by atoms with Gasteiger partial charge < -0.3 is 21.4 Å². The molecule has 6 N–H and O–H groups in total. The number of carbonyl (C=O) groups excluding carboxylic acids is 2. The van der Waals surface area contributed by atoms with Crippen LogP contribution in [-0.4, -0.2) is 38.3 Å². The molecule has 1 aliphatic rings. The number of primary amides is 1. The average molecular weight is 377 g/mol. The van der Waals surface area contributed by atoms with E-state index in [9.17, 15) is 18.0 Å². The molecule has 0 saturated carbocycles. The average Bonchev–Trinajstić information content (AvgIpc) is 3.11. The summed E-state index contributed by atoms with van der Waals surface area (Å²) in [5.41, 5.74) is 13.2. The fourth-order valence-electron chi connectivity index (χ4n) is 2.92. The summed E-state index contributed by atoms with van der Waals surface area (Å²) in [5, 5.41) is 0. The summed E-state index contributed by atoms with van der Waals surface area (Å²) >= 11 is 0. The van der Waals surface area contributed by atoms with Crippen LogP contribution in [0.15, 0.2) is 35.4 Å². The number of hydrogen-bond donors (Lipinski definition) is 4. The maximum Gasteiger partial charge on any atom is 0.265 e. The fraction of sp³-hybridized carbons (Fsp3) is 0.250. The molecule has 0 atom stereocenters. The summed E-state index contributed by atoms with van der Waals surface area (Å²) in [7, 11) is -3.95. The van der Waals surface area contributed by atoms with E-state index in [-0.39, 0.29) is 16.5 Å². The highest BCUT2D eigenvalue weighted by atomic mass is 32.2. The predicted octanol–water partition coefficient (Wildman–Crippen LogP) is -0.0465. The number of nitrogen functional groups attached to an aromatic ring is 1. The van der Waals surface area contributed by atoms with Gasteiger partial charge in [0.15, 0.2) is 0 Å². The molecule has 0 bridgehead atoms. The molecule has 138 valence electrons. The van der Waals surface area contributed by atoms with Crippen LogP contribution in [-0.2, 0) is 21.2 Å². The molecule has 9 nitrogen and oxygen atoms in total. The van der Waals surface area contributed by atoms with Crippen molar-refractivity contribution in [2.45, 2.75) is 17.7 Å². The molecule has 1 aromatic carbocycles. The SMILES string of the molecule is NC(=O)c1cc(S(=O)(=O)NCC(=O)N2CCCc3c(N)cccc32)c[nH]1. The Labute approximate surface area is 150 Å². The number of anilines is 2. The number of rotatable bonds is 5. The van der Waals surface area contributed by atoms with E-state index < -0.39 is 22.5 Å². The second kappa shape index (κ2) is 6.81. The zero-order valence-electron chi connectivity index (χ0n) is 13.9. The summed E-state index contributed by atoms with van der Waals surface area (Å²) < 4.78 is 26.8. The summed E-state index contributed by atoms with van der Waals surface area (Å²) in [6.07, 6.45) is 2.67. The van der Waals surface area contributed by atoms with Crippen LogP contribution in [0, 0.1) is 0 Å². The molecule has 0 fully saturated rings. The number of nitrogens with one attached hydrogen (secondary N) is 2. The van der Waals surface area contributed by atoms with E-state index in [1.165, 1.54) is 4.90 Å². The molecule has 26 heavy (non-hydrogen) atoms. The molecule has 1 aromatic heterocycles. The van der Waals surface area contributed by atoms with Gasteiger partial charge in [0, 0.05) is 24.1 Å². The minimum atomic E-state index is -3.95. The number of sulfonamides is 1. The lowest BCUT2D eigenvalue weighted by atomic mass is 10.00. The van der Waals surface area contributed by atoms with Gasteiger partial charge in [-0.2, -0.15) is 0 Å². The third-order valence-corrected chi connectivity index (χ3v) is 5.61. The second-order valence-electron chi connectivity index (χ2n) is 5.93. The Balaban J connectivity index is 1.73. The van der Waals surface area contributed by atoms with Gasteiger partial charge in [-0.3, -0.25) is 9.59 Å². The molecule has 2 aromatic rings. The van der Waals surface area contributed by atoms with Gasteiger partial charge in [-0.05, 0) is 36.6 Å². The van der Waals surface area contributed by atoms with Crippen molar-refractivity contribution in [2.75, 3.05) is 23.7 Å². The highest BCUT2D eigenvalue weighted by Gasteiger charge is 2.25. The van der Waals surface area contributed by atoms with Crippen LogP contribution >= 0.6 is 0 Å². The topological polar surface area (TPSA) is 151 Å². The molecule has 0 spiro atoms. The summed E-state index contributed by atoms with van der Waals surface area (Å²) in [6.45, 7) is 0.0840. The van der Waals surface area contributed by atoms with Crippen molar-refractivity contribution in [3.63, 3.8) is 0 Å². The number of H-pyrrole nitrogens is 1. The minimum Gasteiger partial charge on any atom is -0.398 e. The number of carbonyl (C=O) groups is 2. The molecule has 1 aliphatic heterocycles. The number of fused-ring (bicyclic) bond motifs is 1. The van der Waals surface area contributed by atoms with E-state index in [1.807, 2.05) is 0 Å². The van der Waals surface area contributed by atoms with Crippen LogP contribution in [0.1, 0.15) is 22.5 Å². The first-order valence-electron chi connectivity index (χ1n) is 7.95. The number of nitrogens with two attached hydrogens (primary N) is 2. The number of benzene rings is 1. The van der Waals surface area contributed by atoms with E-state index in [4.69, 9.17) is 11.5 Å². The van der Waals surface area contributed by atoms with Gasteiger partial charge in [-0.25, -0.2) is 13.1 Å². The molecule has 3 rings (SSSR count). The van der Waals surface area contributed by atoms with Crippen molar-refractivity contribution < 1.29 is 18.0 Å². The lowest BCUT2D eigenvalue weighted by molar-refractivity contribution is -0.117. The van der Waals surface area contributed by atoms with Crippen LogP contribution in [0.3, 0.4) is 0 Å². The molecular weight excluding hydrogens is 358 g/mol. The summed E-state index contributed by atoms with van der Waals surface area (Å²) in [4.78, 5) is 27.4. The highest BCUT2D eigenvalue weighted by Crippen LogP contribution is 2.31. The fourth-order valence-corrected chi connectivity index (χ4v) is 3.89. The first kappa shape index (κ1) is 18.0. The summed E-state index contributed by atoms with van der Waals surface area (Å²) in [6, 6.07) is 6.45. The van der Waals surface area contributed by atoms with E-state index in [1.54, 1.807) is 18.2 Å². The molecule has 2 amide bonds. The molecule has 0 saturated heterocycles. The van der Waals surface area contributed by atoms with Crippen molar-refractivity contribution in [1.82, 2.24) is 9.71 Å². The predicted molar refractivity (Wildman–Crippen MR) is 96.0 cm³/mol. The van der Waals surface area contributed by atoms with Gasteiger partial charge in [-0.1, -0.05) is 6.07 Å². The molecule has 10 heteroatoms. The van der Waals surface area contributed by atoms with E-state index >= 15 is 0 Å². The van der Waals surface area contributed by atoms with E-state index in [0.29, 0.717) is 17.9 Å².